The molecule has 0 bridgehead atoms. The van der Waals surface area contributed by atoms with E-state index in [2.05, 4.69) is 26.0 Å². The number of nitrogens with one attached hydrogen (secondary N) is 1. The van der Waals surface area contributed by atoms with E-state index in [4.69, 9.17) is 4.52 Å². The van der Waals surface area contributed by atoms with Crippen LogP contribution in [0.2, 0.25) is 0 Å². The first-order valence-corrected chi connectivity index (χ1v) is 9.42. The fraction of sp³-hybridized carbons (Fsp3) is 0.190. The SMILES string of the molecule is Cc1onc(-c2ccccc2)c1C(=O)Nc1cccc(-c2nnnn2C2CC2)c1. The molecule has 0 spiro atoms. The Hall–Kier alpha value is -3.81. The highest BCUT2D eigenvalue weighted by molar-refractivity contribution is 6.08. The van der Waals surface area contributed by atoms with Crippen LogP contribution in [0, 0.1) is 6.92 Å². The lowest BCUT2D eigenvalue weighted by Crippen LogP contribution is -2.13. The van der Waals surface area contributed by atoms with Crippen LogP contribution in [0.4, 0.5) is 5.69 Å². The minimum atomic E-state index is -0.276. The van der Waals surface area contributed by atoms with Gasteiger partial charge >= 0.3 is 0 Å². The molecular weight excluding hydrogens is 368 g/mol. The number of amides is 1. The van der Waals surface area contributed by atoms with Crippen molar-refractivity contribution in [2.24, 2.45) is 0 Å². The van der Waals surface area contributed by atoms with Crippen molar-refractivity contribution in [2.45, 2.75) is 25.8 Å². The van der Waals surface area contributed by atoms with E-state index in [1.807, 2.05) is 59.3 Å². The summed E-state index contributed by atoms with van der Waals surface area (Å²) in [4.78, 5) is 13.0. The number of hydrogen-bond donors (Lipinski definition) is 1. The number of aryl methyl sites for hydroxylation is 1. The number of anilines is 1. The molecule has 0 radical (unpaired) electrons. The third-order valence-electron chi connectivity index (χ3n) is 4.90. The number of benzene rings is 2. The minimum Gasteiger partial charge on any atom is -0.360 e. The summed E-state index contributed by atoms with van der Waals surface area (Å²) in [6.07, 6.45) is 2.17. The maximum Gasteiger partial charge on any atom is 0.261 e. The molecule has 1 N–H and O–H groups in total. The smallest absolute Gasteiger partial charge is 0.261 e. The third-order valence-corrected chi connectivity index (χ3v) is 4.90. The second-order valence-corrected chi connectivity index (χ2v) is 7.04. The lowest BCUT2D eigenvalue weighted by Gasteiger charge is -2.08. The van der Waals surface area contributed by atoms with Gasteiger partial charge in [0.15, 0.2) is 5.82 Å². The molecule has 0 unspecified atom stereocenters. The number of aromatic nitrogens is 5. The molecule has 1 fully saturated rings. The normalized spacial score (nSPS) is 13.4. The van der Waals surface area contributed by atoms with Crippen LogP contribution in [0.5, 0.6) is 0 Å². The summed E-state index contributed by atoms with van der Waals surface area (Å²) in [5, 5.41) is 19.1. The fourth-order valence-electron chi connectivity index (χ4n) is 3.31. The molecule has 2 heterocycles. The molecule has 2 aromatic carbocycles. The molecular formula is C21H18N6O2. The van der Waals surface area contributed by atoms with Crippen LogP contribution in [0.15, 0.2) is 59.1 Å². The molecule has 1 aliphatic rings. The molecule has 0 aliphatic heterocycles. The Morgan fingerprint density at radius 1 is 1.10 bits per heavy atom. The first kappa shape index (κ1) is 17.3. The monoisotopic (exact) mass is 386 g/mol. The molecule has 1 aliphatic carbocycles. The predicted octanol–water partition coefficient (Wildman–Crippen LogP) is 3.89. The molecule has 1 amide bonds. The molecule has 1 saturated carbocycles. The van der Waals surface area contributed by atoms with Crippen molar-refractivity contribution in [3.05, 3.63) is 65.9 Å². The lowest BCUT2D eigenvalue weighted by molar-refractivity contribution is 0.102. The maximum absolute atomic E-state index is 13.0. The van der Waals surface area contributed by atoms with Crippen LogP contribution in [0.3, 0.4) is 0 Å². The van der Waals surface area contributed by atoms with Crippen LogP contribution in [-0.2, 0) is 0 Å². The van der Waals surface area contributed by atoms with E-state index in [1.165, 1.54) is 0 Å². The number of carbonyl (C=O) groups is 1. The topological polar surface area (TPSA) is 98.7 Å². The van der Waals surface area contributed by atoms with Gasteiger partial charge in [-0.15, -0.1) is 5.10 Å². The zero-order valence-electron chi connectivity index (χ0n) is 15.7. The molecule has 2 aromatic heterocycles. The highest BCUT2D eigenvalue weighted by Crippen LogP contribution is 2.37. The second-order valence-electron chi connectivity index (χ2n) is 7.04. The van der Waals surface area contributed by atoms with Gasteiger partial charge in [0.25, 0.3) is 5.91 Å². The first-order chi connectivity index (χ1) is 14.2. The van der Waals surface area contributed by atoms with Crippen molar-refractivity contribution in [1.82, 2.24) is 25.4 Å². The molecule has 8 nitrogen and oxygen atoms in total. The van der Waals surface area contributed by atoms with Crippen molar-refractivity contribution >= 4 is 11.6 Å². The minimum absolute atomic E-state index is 0.276. The summed E-state index contributed by atoms with van der Waals surface area (Å²) >= 11 is 0. The van der Waals surface area contributed by atoms with E-state index in [0.717, 1.165) is 24.0 Å². The highest BCUT2D eigenvalue weighted by Gasteiger charge is 2.28. The van der Waals surface area contributed by atoms with Gasteiger partial charge in [0.2, 0.25) is 0 Å². The molecule has 8 heteroatoms. The van der Waals surface area contributed by atoms with Crippen LogP contribution in [0.25, 0.3) is 22.6 Å². The van der Waals surface area contributed by atoms with Crippen LogP contribution in [-0.4, -0.2) is 31.3 Å². The van der Waals surface area contributed by atoms with Crippen molar-refractivity contribution in [3.63, 3.8) is 0 Å². The Kier molecular flexibility index (Phi) is 4.16. The van der Waals surface area contributed by atoms with Gasteiger partial charge in [0.05, 0.1) is 6.04 Å². The van der Waals surface area contributed by atoms with Gasteiger partial charge in [-0.2, -0.15) is 0 Å². The van der Waals surface area contributed by atoms with Crippen molar-refractivity contribution in [2.75, 3.05) is 5.32 Å². The summed E-state index contributed by atoms with van der Waals surface area (Å²) in [6.45, 7) is 1.73. The fourth-order valence-corrected chi connectivity index (χ4v) is 3.31. The zero-order valence-corrected chi connectivity index (χ0v) is 15.7. The van der Waals surface area contributed by atoms with Crippen LogP contribution in [0.1, 0.15) is 35.0 Å². The average Bonchev–Trinajstić information content (AvgIpc) is 3.33. The number of tetrazole rings is 1. The highest BCUT2D eigenvalue weighted by atomic mass is 16.5. The quantitative estimate of drug-likeness (QED) is 0.559. The van der Waals surface area contributed by atoms with E-state index in [9.17, 15) is 4.79 Å². The standard InChI is InChI=1S/C21H18N6O2/c1-13-18(19(24-29-13)14-6-3-2-4-7-14)21(28)22-16-9-5-8-15(12-16)20-23-25-26-27(20)17-10-11-17/h2-9,12,17H,10-11H2,1H3,(H,22,28). The van der Waals surface area contributed by atoms with Crippen molar-refractivity contribution < 1.29 is 9.32 Å². The summed E-state index contributed by atoms with van der Waals surface area (Å²) in [6, 6.07) is 17.4. The van der Waals surface area contributed by atoms with Gasteiger partial charge in [0, 0.05) is 16.8 Å². The average molecular weight is 386 g/mol. The third kappa shape index (κ3) is 3.29. The molecule has 0 saturated heterocycles. The summed E-state index contributed by atoms with van der Waals surface area (Å²) in [5.74, 6) is 0.895. The molecule has 0 atom stereocenters. The van der Waals surface area contributed by atoms with Crippen molar-refractivity contribution in [3.8, 4) is 22.6 Å². The Morgan fingerprint density at radius 2 is 1.90 bits per heavy atom. The first-order valence-electron chi connectivity index (χ1n) is 9.42. The molecule has 5 rings (SSSR count). The lowest BCUT2D eigenvalue weighted by atomic mass is 10.1. The Balaban J connectivity index is 1.44. The molecule has 144 valence electrons. The van der Waals surface area contributed by atoms with Gasteiger partial charge in [-0.3, -0.25) is 4.79 Å². The molecule has 29 heavy (non-hydrogen) atoms. The van der Waals surface area contributed by atoms with E-state index in [0.29, 0.717) is 34.6 Å². The Morgan fingerprint density at radius 3 is 2.69 bits per heavy atom. The zero-order chi connectivity index (χ0) is 19.8. The van der Waals surface area contributed by atoms with Gasteiger partial charge in [-0.05, 0) is 42.3 Å². The largest absolute Gasteiger partial charge is 0.360 e. The Bertz CT molecular complexity index is 1180. The second kappa shape index (κ2) is 6.97. The predicted molar refractivity (Wildman–Crippen MR) is 106 cm³/mol. The van der Waals surface area contributed by atoms with Gasteiger partial charge in [-0.25, -0.2) is 4.68 Å². The number of nitrogens with zero attached hydrogens (tertiary/aromatic N) is 5. The summed E-state index contributed by atoms with van der Waals surface area (Å²) < 4.78 is 7.15. The number of carbonyl (C=O) groups excluding carboxylic acids is 1. The van der Waals surface area contributed by atoms with Crippen LogP contribution < -0.4 is 5.32 Å². The maximum atomic E-state index is 13.0. The van der Waals surface area contributed by atoms with Crippen molar-refractivity contribution in [1.29, 1.82) is 0 Å². The van der Waals surface area contributed by atoms with E-state index >= 15 is 0 Å². The van der Waals surface area contributed by atoms with Gasteiger partial charge in [-0.1, -0.05) is 47.6 Å². The van der Waals surface area contributed by atoms with E-state index < -0.39 is 0 Å². The number of hydrogen-bond acceptors (Lipinski definition) is 6. The summed E-state index contributed by atoms with van der Waals surface area (Å²) in [5.41, 5.74) is 3.27. The van der Waals surface area contributed by atoms with Gasteiger partial charge < -0.3 is 9.84 Å². The molecule has 4 aromatic rings. The number of rotatable bonds is 5. The van der Waals surface area contributed by atoms with Crippen LogP contribution >= 0.6 is 0 Å². The Labute approximate surface area is 166 Å². The van der Waals surface area contributed by atoms with E-state index in [1.54, 1.807) is 6.92 Å². The van der Waals surface area contributed by atoms with E-state index in [-0.39, 0.29) is 5.91 Å². The van der Waals surface area contributed by atoms with Gasteiger partial charge in [0.1, 0.15) is 17.0 Å². The summed E-state index contributed by atoms with van der Waals surface area (Å²) in [7, 11) is 0.